The van der Waals surface area contributed by atoms with Crippen LogP contribution in [-0.4, -0.2) is 18.0 Å². The number of benzene rings is 2. The summed E-state index contributed by atoms with van der Waals surface area (Å²) >= 11 is 12.4. The van der Waals surface area contributed by atoms with Crippen molar-refractivity contribution in [2.45, 2.75) is 12.8 Å². The van der Waals surface area contributed by atoms with Crippen molar-refractivity contribution in [1.29, 1.82) is 0 Å². The molecule has 132 valence electrons. The van der Waals surface area contributed by atoms with Gasteiger partial charge in [0.15, 0.2) is 5.78 Å². The fourth-order valence-corrected chi connectivity index (χ4v) is 3.57. The molecule has 0 saturated carbocycles. The molecule has 26 heavy (non-hydrogen) atoms. The molecule has 0 spiro atoms. The average Bonchev–Trinajstić information content (AvgIpc) is 2.89. The van der Waals surface area contributed by atoms with Gasteiger partial charge in [-0.25, -0.2) is 0 Å². The highest BCUT2D eigenvalue weighted by molar-refractivity contribution is 6.36. The first-order chi connectivity index (χ1) is 12.5. The smallest absolute Gasteiger partial charge is 0.167 e. The van der Waals surface area contributed by atoms with Gasteiger partial charge >= 0.3 is 0 Å². The van der Waals surface area contributed by atoms with Crippen LogP contribution in [0.3, 0.4) is 0 Å². The van der Waals surface area contributed by atoms with Crippen molar-refractivity contribution in [3.05, 3.63) is 57.8 Å². The monoisotopic (exact) mass is 386 g/mol. The average molecular weight is 387 g/mol. The van der Waals surface area contributed by atoms with Crippen LogP contribution >= 0.6 is 23.2 Å². The van der Waals surface area contributed by atoms with E-state index in [0.717, 1.165) is 11.1 Å². The number of methoxy groups -OCH3 is 1. The molecule has 0 heterocycles. The molecule has 0 radical (unpaired) electrons. The lowest BCUT2D eigenvalue weighted by atomic mass is 9.97. The lowest BCUT2D eigenvalue weighted by Gasteiger charge is -2.14. The van der Waals surface area contributed by atoms with Gasteiger partial charge in [0, 0.05) is 29.3 Å². The first kappa shape index (κ1) is 18.4. The predicted molar refractivity (Wildman–Crippen MR) is 105 cm³/mol. The second-order valence-electron chi connectivity index (χ2n) is 6.03. The number of terminal acetylenes is 1. The third-order valence-electron chi connectivity index (χ3n) is 4.42. The molecule has 5 heteroatoms. The Hall–Kier alpha value is -2.41. The maximum absolute atomic E-state index is 12.5. The predicted octanol–water partition coefficient (Wildman–Crippen LogP) is 5.55. The largest absolute Gasteiger partial charge is 0.511 e. The van der Waals surface area contributed by atoms with Gasteiger partial charge in [-0.2, -0.15) is 0 Å². The Bertz CT molecular complexity index is 937. The standard InChI is InChI=1S/C21H16Cl2O3/c1-3-4-13-10-17(24)20(21(13)25)19-16(23)9-14(11-18(19)26-2)12-5-7-15(22)8-6-12/h1,5-9,11,13,25H,4,10H2,2H3. The quantitative estimate of drug-likeness (QED) is 0.700. The van der Waals surface area contributed by atoms with Crippen molar-refractivity contribution in [3.8, 4) is 29.2 Å². The number of allylic oxidation sites excluding steroid dienone is 2. The van der Waals surface area contributed by atoms with Gasteiger partial charge in [-0.15, -0.1) is 12.3 Å². The fraction of sp³-hybridized carbons (Fsp3) is 0.190. The lowest BCUT2D eigenvalue weighted by molar-refractivity contribution is -0.113. The molecular formula is C21H16Cl2O3. The van der Waals surface area contributed by atoms with Gasteiger partial charge in [-0.1, -0.05) is 35.3 Å². The molecule has 0 saturated heterocycles. The maximum Gasteiger partial charge on any atom is 0.167 e. The third kappa shape index (κ3) is 3.31. The summed E-state index contributed by atoms with van der Waals surface area (Å²) in [6, 6.07) is 10.8. The van der Waals surface area contributed by atoms with Crippen LogP contribution in [0.2, 0.25) is 10.0 Å². The van der Waals surface area contributed by atoms with Crippen LogP contribution in [0.1, 0.15) is 18.4 Å². The zero-order valence-electron chi connectivity index (χ0n) is 14.1. The van der Waals surface area contributed by atoms with E-state index in [1.165, 1.54) is 7.11 Å². The Morgan fingerprint density at radius 3 is 2.54 bits per heavy atom. The van der Waals surface area contributed by atoms with Gasteiger partial charge in [0.25, 0.3) is 0 Å². The molecule has 1 N–H and O–H groups in total. The molecular weight excluding hydrogens is 371 g/mol. The Labute approximate surface area is 162 Å². The molecule has 1 aliphatic rings. The van der Waals surface area contributed by atoms with Crippen LogP contribution in [-0.2, 0) is 4.79 Å². The summed E-state index contributed by atoms with van der Waals surface area (Å²) in [5.74, 6) is 2.32. The van der Waals surface area contributed by atoms with Gasteiger partial charge in [0.1, 0.15) is 11.5 Å². The van der Waals surface area contributed by atoms with E-state index in [-0.39, 0.29) is 29.5 Å². The van der Waals surface area contributed by atoms with Crippen LogP contribution in [0, 0.1) is 18.3 Å². The number of carbonyl (C=O) groups is 1. The minimum atomic E-state index is -0.376. The SMILES string of the molecule is C#CCC1CC(=O)C(c2c(Cl)cc(-c3ccc(Cl)cc3)cc2OC)=C1O. The van der Waals surface area contributed by atoms with Crippen molar-refractivity contribution >= 4 is 34.6 Å². The summed E-state index contributed by atoms with van der Waals surface area (Å²) < 4.78 is 5.47. The summed E-state index contributed by atoms with van der Waals surface area (Å²) in [7, 11) is 1.50. The molecule has 2 aromatic rings. The van der Waals surface area contributed by atoms with Gasteiger partial charge in [-0.05, 0) is 35.4 Å². The number of aliphatic hydroxyl groups is 1. The van der Waals surface area contributed by atoms with E-state index < -0.39 is 0 Å². The molecule has 1 aliphatic carbocycles. The normalized spacial score (nSPS) is 16.7. The molecule has 2 aromatic carbocycles. The number of Topliss-reactive ketones (excluding diaryl/α,β-unsaturated/α-hetero) is 1. The second kappa shape index (κ2) is 7.45. The molecule has 0 bridgehead atoms. The highest BCUT2D eigenvalue weighted by Gasteiger charge is 2.35. The van der Waals surface area contributed by atoms with Gasteiger partial charge < -0.3 is 9.84 Å². The highest BCUT2D eigenvalue weighted by atomic mass is 35.5. The summed E-state index contributed by atoms with van der Waals surface area (Å²) in [4.78, 5) is 12.5. The van der Waals surface area contributed by atoms with Crippen LogP contribution in [0.15, 0.2) is 42.2 Å². The van der Waals surface area contributed by atoms with Gasteiger partial charge in [0.05, 0.1) is 17.7 Å². The summed E-state index contributed by atoms with van der Waals surface area (Å²) in [6.45, 7) is 0. The third-order valence-corrected chi connectivity index (χ3v) is 4.97. The summed E-state index contributed by atoms with van der Waals surface area (Å²) in [6.07, 6.45) is 5.79. The van der Waals surface area contributed by atoms with E-state index in [1.807, 2.05) is 12.1 Å². The molecule has 0 amide bonds. The van der Waals surface area contributed by atoms with Crippen LogP contribution < -0.4 is 4.74 Å². The van der Waals surface area contributed by atoms with Crippen LogP contribution in [0.5, 0.6) is 5.75 Å². The van der Waals surface area contributed by atoms with E-state index in [1.54, 1.807) is 24.3 Å². The van der Waals surface area contributed by atoms with E-state index in [0.29, 0.717) is 27.8 Å². The molecule has 0 aromatic heterocycles. The first-order valence-corrected chi connectivity index (χ1v) is 8.75. The molecule has 3 rings (SSSR count). The number of halogens is 2. The number of hydrogen-bond donors (Lipinski definition) is 1. The number of ether oxygens (including phenoxy) is 1. The second-order valence-corrected chi connectivity index (χ2v) is 6.88. The van der Waals surface area contributed by atoms with Gasteiger partial charge in [-0.3, -0.25) is 4.79 Å². The van der Waals surface area contributed by atoms with Crippen molar-refractivity contribution in [1.82, 2.24) is 0 Å². The number of hydrogen-bond acceptors (Lipinski definition) is 3. The molecule has 1 atom stereocenters. The fourth-order valence-electron chi connectivity index (χ4n) is 3.14. The number of ketones is 1. The Kier molecular flexibility index (Phi) is 5.27. The lowest BCUT2D eigenvalue weighted by Crippen LogP contribution is -2.01. The Morgan fingerprint density at radius 2 is 1.92 bits per heavy atom. The molecule has 1 unspecified atom stereocenters. The zero-order chi connectivity index (χ0) is 18.8. The Morgan fingerprint density at radius 1 is 1.23 bits per heavy atom. The van der Waals surface area contributed by atoms with E-state index in [2.05, 4.69) is 5.92 Å². The van der Waals surface area contributed by atoms with Gasteiger partial charge in [0.2, 0.25) is 0 Å². The summed E-state index contributed by atoms with van der Waals surface area (Å²) in [5, 5.41) is 11.5. The minimum Gasteiger partial charge on any atom is -0.511 e. The van der Waals surface area contributed by atoms with Crippen molar-refractivity contribution in [2.24, 2.45) is 5.92 Å². The van der Waals surface area contributed by atoms with Crippen molar-refractivity contribution < 1.29 is 14.6 Å². The molecule has 0 aliphatic heterocycles. The Balaban J connectivity index is 2.13. The van der Waals surface area contributed by atoms with E-state index >= 15 is 0 Å². The maximum atomic E-state index is 12.5. The van der Waals surface area contributed by atoms with Crippen molar-refractivity contribution in [3.63, 3.8) is 0 Å². The van der Waals surface area contributed by atoms with E-state index in [9.17, 15) is 9.90 Å². The highest BCUT2D eigenvalue weighted by Crippen LogP contribution is 2.44. The zero-order valence-corrected chi connectivity index (χ0v) is 15.6. The number of rotatable bonds is 4. The van der Waals surface area contributed by atoms with Crippen LogP contribution in [0.25, 0.3) is 16.7 Å². The van der Waals surface area contributed by atoms with Crippen molar-refractivity contribution in [2.75, 3.05) is 7.11 Å². The number of aliphatic hydroxyl groups excluding tert-OH is 1. The molecule has 0 fully saturated rings. The number of carbonyl (C=O) groups excluding carboxylic acids is 1. The minimum absolute atomic E-state index is 0.0209. The van der Waals surface area contributed by atoms with Crippen LogP contribution in [0.4, 0.5) is 0 Å². The van der Waals surface area contributed by atoms with E-state index in [4.69, 9.17) is 34.4 Å². The summed E-state index contributed by atoms with van der Waals surface area (Å²) in [5.41, 5.74) is 2.31. The molecule has 3 nitrogen and oxygen atoms in total. The first-order valence-electron chi connectivity index (χ1n) is 8.00. The topological polar surface area (TPSA) is 46.5 Å².